The summed E-state index contributed by atoms with van der Waals surface area (Å²) in [5.41, 5.74) is 1.95. The lowest BCUT2D eigenvalue weighted by molar-refractivity contribution is 0.225. The lowest BCUT2D eigenvalue weighted by Crippen LogP contribution is -2.13. The van der Waals surface area contributed by atoms with Gasteiger partial charge in [0.15, 0.2) is 0 Å². The molecule has 0 fully saturated rings. The molecule has 0 saturated heterocycles. The third-order valence-corrected chi connectivity index (χ3v) is 3.81. The van der Waals surface area contributed by atoms with Crippen LogP contribution in [0, 0.1) is 11.7 Å². The quantitative estimate of drug-likeness (QED) is 0.827. The predicted octanol–water partition coefficient (Wildman–Crippen LogP) is 4.64. The minimum Gasteiger partial charge on any atom is -0.396 e. The van der Waals surface area contributed by atoms with Gasteiger partial charge in [-0.25, -0.2) is 4.39 Å². The Morgan fingerprint density at radius 3 is 2.50 bits per heavy atom. The molecule has 0 heterocycles. The van der Waals surface area contributed by atoms with Crippen LogP contribution in [0.15, 0.2) is 46.9 Å². The smallest absolute Gasteiger partial charge is 0.124 e. The first-order valence-corrected chi connectivity index (χ1v) is 7.54. The standard InChI is InChI=1S/C16H15BrClFO/c17-14-6-12(8-16(19)9-14)5-13(10-20)4-11-2-1-3-15(18)7-11/h1-3,6-9,13,20H,4-5,10H2. The maximum absolute atomic E-state index is 13.4. The molecule has 1 atom stereocenters. The predicted molar refractivity (Wildman–Crippen MR) is 83.5 cm³/mol. The van der Waals surface area contributed by atoms with E-state index < -0.39 is 0 Å². The van der Waals surface area contributed by atoms with Gasteiger partial charge < -0.3 is 5.11 Å². The molecule has 0 aliphatic carbocycles. The van der Waals surface area contributed by atoms with Gasteiger partial charge in [0.25, 0.3) is 0 Å². The zero-order valence-corrected chi connectivity index (χ0v) is 13.2. The van der Waals surface area contributed by atoms with E-state index in [1.54, 1.807) is 0 Å². The van der Waals surface area contributed by atoms with Gasteiger partial charge in [-0.2, -0.15) is 0 Å². The number of aliphatic hydroxyl groups excluding tert-OH is 1. The summed E-state index contributed by atoms with van der Waals surface area (Å²) >= 11 is 9.24. The van der Waals surface area contributed by atoms with Crippen molar-refractivity contribution in [2.24, 2.45) is 5.92 Å². The number of hydrogen-bond acceptors (Lipinski definition) is 1. The van der Waals surface area contributed by atoms with Crippen molar-refractivity contribution in [1.29, 1.82) is 0 Å². The van der Waals surface area contributed by atoms with E-state index in [0.29, 0.717) is 22.3 Å². The zero-order chi connectivity index (χ0) is 14.5. The van der Waals surface area contributed by atoms with Gasteiger partial charge in [-0.05, 0) is 60.2 Å². The molecule has 0 amide bonds. The normalized spacial score (nSPS) is 12.4. The van der Waals surface area contributed by atoms with Crippen LogP contribution in [0.5, 0.6) is 0 Å². The average molecular weight is 358 g/mol. The summed E-state index contributed by atoms with van der Waals surface area (Å²) in [4.78, 5) is 0. The SMILES string of the molecule is OCC(Cc1cccc(Cl)c1)Cc1cc(F)cc(Br)c1. The maximum Gasteiger partial charge on any atom is 0.124 e. The van der Waals surface area contributed by atoms with Crippen LogP contribution in [0.25, 0.3) is 0 Å². The van der Waals surface area contributed by atoms with Crippen LogP contribution in [-0.4, -0.2) is 11.7 Å². The van der Waals surface area contributed by atoms with Gasteiger partial charge in [-0.3, -0.25) is 0 Å². The van der Waals surface area contributed by atoms with Crippen LogP contribution in [0.2, 0.25) is 5.02 Å². The van der Waals surface area contributed by atoms with Crippen LogP contribution in [0.3, 0.4) is 0 Å². The van der Waals surface area contributed by atoms with E-state index in [-0.39, 0.29) is 18.3 Å². The van der Waals surface area contributed by atoms with Crippen LogP contribution in [0.4, 0.5) is 4.39 Å². The van der Waals surface area contributed by atoms with Crippen molar-refractivity contribution in [3.63, 3.8) is 0 Å². The second kappa shape index (κ2) is 7.21. The molecule has 2 aromatic carbocycles. The van der Waals surface area contributed by atoms with E-state index in [1.807, 2.05) is 30.3 Å². The molecule has 0 aromatic heterocycles. The molecule has 4 heteroatoms. The summed E-state index contributed by atoms with van der Waals surface area (Å²) in [6, 6.07) is 12.4. The second-order valence-corrected chi connectivity index (χ2v) is 6.22. The molecule has 1 N–H and O–H groups in total. The van der Waals surface area contributed by atoms with Crippen molar-refractivity contribution in [2.75, 3.05) is 6.61 Å². The monoisotopic (exact) mass is 356 g/mol. The van der Waals surface area contributed by atoms with E-state index in [2.05, 4.69) is 15.9 Å². The Bertz CT molecular complexity index is 568. The molecule has 0 spiro atoms. The highest BCUT2D eigenvalue weighted by atomic mass is 79.9. The maximum atomic E-state index is 13.4. The molecular formula is C16H15BrClFO. The number of aliphatic hydroxyl groups is 1. The van der Waals surface area contributed by atoms with Gasteiger partial charge in [0, 0.05) is 16.1 Å². The van der Waals surface area contributed by atoms with Gasteiger partial charge in [0.1, 0.15) is 5.82 Å². The molecule has 0 aliphatic heterocycles. The Balaban J connectivity index is 2.09. The first-order chi connectivity index (χ1) is 9.56. The van der Waals surface area contributed by atoms with E-state index in [9.17, 15) is 9.50 Å². The van der Waals surface area contributed by atoms with Crippen molar-refractivity contribution in [2.45, 2.75) is 12.8 Å². The molecule has 1 nitrogen and oxygen atoms in total. The van der Waals surface area contributed by atoms with Crippen LogP contribution < -0.4 is 0 Å². The van der Waals surface area contributed by atoms with E-state index in [0.717, 1.165) is 11.1 Å². The molecule has 106 valence electrons. The molecular weight excluding hydrogens is 343 g/mol. The molecule has 0 aliphatic rings. The summed E-state index contributed by atoms with van der Waals surface area (Å²) in [5.74, 6) is -0.226. The van der Waals surface area contributed by atoms with E-state index >= 15 is 0 Å². The van der Waals surface area contributed by atoms with Crippen molar-refractivity contribution >= 4 is 27.5 Å². The third-order valence-electron chi connectivity index (χ3n) is 3.12. The van der Waals surface area contributed by atoms with Gasteiger partial charge in [0.2, 0.25) is 0 Å². The van der Waals surface area contributed by atoms with Crippen molar-refractivity contribution in [1.82, 2.24) is 0 Å². The number of benzene rings is 2. The summed E-state index contributed by atoms with van der Waals surface area (Å²) in [6.45, 7) is 0.0562. The van der Waals surface area contributed by atoms with Crippen LogP contribution in [0.1, 0.15) is 11.1 Å². The topological polar surface area (TPSA) is 20.2 Å². The first-order valence-electron chi connectivity index (χ1n) is 6.37. The lowest BCUT2D eigenvalue weighted by atomic mass is 9.93. The van der Waals surface area contributed by atoms with Crippen molar-refractivity contribution < 1.29 is 9.50 Å². The Morgan fingerprint density at radius 2 is 1.85 bits per heavy atom. The van der Waals surface area contributed by atoms with Gasteiger partial charge in [-0.15, -0.1) is 0 Å². The molecule has 2 aromatic rings. The van der Waals surface area contributed by atoms with Crippen LogP contribution in [-0.2, 0) is 12.8 Å². The molecule has 0 saturated carbocycles. The molecule has 2 rings (SSSR count). The number of hydrogen-bond donors (Lipinski definition) is 1. The molecule has 0 bridgehead atoms. The van der Waals surface area contributed by atoms with Gasteiger partial charge >= 0.3 is 0 Å². The van der Waals surface area contributed by atoms with Gasteiger partial charge in [-0.1, -0.05) is 39.7 Å². The van der Waals surface area contributed by atoms with Crippen molar-refractivity contribution in [3.05, 3.63) is 68.9 Å². The van der Waals surface area contributed by atoms with Crippen molar-refractivity contribution in [3.8, 4) is 0 Å². The molecule has 1 unspecified atom stereocenters. The van der Waals surface area contributed by atoms with E-state index in [1.165, 1.54) is 12.1 Å². The number of halogens is 3. The fraction of sp³-hybridized carbons (Fsp3) is 0.250. The highest BCUT2D eigenvalue weighted by Gasteiger charge is 2.11. The second-order valence-electron chi connectivity index (χ2n) is 4.86. The van der Waals surface area contributed by atoms with Gasteiger partial charge in [0.05, 0.1) is 0 Å². The number of rotatable bonds is 5. The Kier molecular flexibility index (Phi) is 5.58. The summed E-state index contributed by atoms with van der Waals surface area (Å²) in [5, 5.41) is 10.2. The Morgan fingerprint density at radius 1 is 1.10 bits per heavy atom. The van der Waals surface area contributed by atoms with E-state index in [4.69, 9.17) is 11.6 Å². The Labute approximate surface area is 131 Å². The van der Waals surface area contributed by atoms with Crippen LogP contribution >= 0.6 is 27.5 Å². The average Bonchev–Trinajstić information content (AvgIpc) is 2.36. The minimum absolute atomic E-state index is 0.0437. The Hall–Kier alpha value is -0.900. The highest BCUT2D eigenvalue weighted by molar-refractivity contribution is 9.10. The highest BCUT2D eigenvalue weighted by Crippen LogP contribution is 2.21. The third kappa shape index (κ3) is 4.58. The molecule has 20 heavy (non-hydrogen) atoms. The zero-order valence-electron chi connectivity index (χ0n) is 10.8. The lowest BCUT2D eigenvalue weighted by Gasteiger charge is -2.15. The first kappa shape index (κ1) is 15.5. The minimum atomic E-state index is -0.270. The summed E-state index contributed by atoms with van der Waals surface area (Å²) < 4.78 is 14.1. The molecule has 0 radical (unpaired) electrons. The summed E-state index contributed by atoms with van der Waals surface area (Å²) in [7, 11) is 0. The fourth-order valence-electron chi connectivity index (χ4n) is 2.26. The largest absolute Gasteiger partial charge is 0.396 e. The fourth-order valence-corrected chi connectivity index (χ4v) is 2.99. The summed E-state index contributed by atoms with van der Waals surface area (Å²) in [6.07, 6.45) is 1.34.